The van der Waals surface area contributed by atoms with Crippen molar-refractivity contribution in [2.75, 3.05) is 5.32 Å². The molecule has 0 radical (unpaired) electrons. The SMILES string of the molecule is CCCCCCCCC.c1ccc(Nc2ccc3ccccc3c2)cc1. The van der Waals surface area contributed by atoms with Gasteiger partial charge < -0.3 is 5.32 Å². The second kappa shape index (κ2) is 12.1. The fraction of sp³-hybridized carbons (Fsp3) is 0.360. The average molecular weight is 348 g/mol. The molecule has 3 aromatic carbocycles. The van der Waals surface area contributed by atoms with Crippen LogP contribution < -0.4 is 5.32 Å². The molecular weight excluding hydrogens is 314 g/mol. The van der Waals surface area contributed by atoms with Gasteiger partial charge in [-0.2, -0.15) is 0 Å². The van der Waals surface area contributed by atoms with Crippen LogP contribution in [0.3, 0.4) is 0 Å². The fourth-order valence-corrected chi connectivity index (χ4v) is 2.99. The van der Waals surface area contributed by atoms with Gasteiger partial charge in [0.1, 0.15) is 0 Å². The molecule has 138 valence electrons. The number of hydrogen-bond donors (Lipinski definition) is 1. The quantitative estimate of drug-likeness (QED) is 0.404. The van der Waals surface area contributed by atoms with E-state index >= 15 is 0 Å². The molecule has 0 aliphatic rings. The summed E-state index contributed by atoms with van der Waals surface area (Å²) in [5.74, 6) is 0. The Morgan fingerprint density at radius 1 is 0.538 bits per heavy atom. The highest BCUT2D eigenvalue weighted by Gasteiger charge is 1.96. The molecule has 0 unspecified atom stereocenters. The number of nitrogens with one attached hydrogen (secondary N) is 1. The molecule has 1 nitrogen and oxygen atoms in total. The molecule has 0 atom stereocenters. The number of rotatable bonds is 8. The third-order valence-electron chi connectivity index (χ3n) is 4.52. The molecule has 0 saturated carbocycles. The first-order chi connectivity index (χ1) is 12.8. The van der Waals surface area contributed by atoms with Crippen LogP contribution >= 0.6 is 0 Å². The first-order valence-corrected chi connectivity index (χ1v) is 10.1. The van der Waals surface area contributed by atoms with E-state index in [2.05, 4.69) is 73.8 Å². The zero-order chi connectivity index (χ0) is 18.5. The van der Waals surface area contributed by atoms with Gasteiger partial charge in [0.05, 0.1) is 0 Å². The summed E-state index contributed by atoms with van der Waals surface area (Å²) in [6.07, 6.45) is 9.97. The van der Waals surface area contributed by atoms with Crippen molar-refractivity contribution < 1.29 is 0 Å². The van der Waals surface area contributed by atoms with E-state index < -0.39 is 0 Å². The van der Waals surface area contributed by atoms with E-state index in [9.17, 15) is 0 Å². The number of hydrogen-bond acceptors (Lipinski definition) is 1. The van der Waals surface area contributed by atoms with E-state index in [-0.39, 0.29) is 0 Å². The Morgan fingerprint density at radius 2 is 1.12 bits per heavy atom. The first kappa shape index (κ1) is 20.0. The number of unbranched alkanes of at least 4 members (excludes halogenated alkanes) is 6. The van der Waals surface area contributed by atoms with Crippen molar-refractivity contribution >= 4 is 22.1 Å². The van der Waals surface area contributed by atoms with Crippen LogP contribution in [0.2, 0.25) is 0 Å². The molecule has 0 aliphatic carbocycles. The van der Waals surface area contributed by atoms with E-state index in [1.165, 1.54) is 55.7 Å². The smallest absolute Gasteiger partial charge is 0.0390 e. The van der Waals surface area contributed by atoms with Gasteiger partial charge in [0.25, 0.3) is 0 Å². The molecule has 0 amide bonds. The Bertz CT molecular complexity index is 727. The first-order valence-electron chi connectivity index (χ1n) is 10.1. The maximum atomic E-state index is 3.40. The molecule has 0 heterocycles. The summed E-state index contributed by atoms with van der Waals surface area (Å²) in [6.45, 7) is 4.53. The van der Waals surface area contributed by atoms with E-state index in [0.29, 0.717) is 0 Å². The largest absolute Gasteiger partial charge is 0.356 e. The zero-order valence-corrected chi connectivity index (χ0v) is 16.4. The van der Waals surface area contributed by atoms with Crippen molar-refractivity contribution in [1.29, 1.82) is 0 Å². The van der Waals surface area contributed by atoms with Gasteiger partial charge >= 0.3 is 0 Å². The van der Waals surface area contributed by atoms with Gasteiger partial charge in [-0.25, -0.2) is 0 Å². The van der Waals surface area contributed by atoms with E-state index in [0.717, 1.165) is 11.4 Å². The van der Waals surface area contributed by atoms with Crippen LogP contribution in [0.15, 0.2) is 72.8 Å². The van der Waals surface area contributed by atoms with Crippen LogP contribution in [0.5, 0.6) is 0 Å². The Labute approximate surface area is 159 Å². The number of para-hydroxylation sites is 1. The Hall–Kier alpha value is -2.28. The second-order valence-electron chi connectivity index (χ2n) is 6.82. The highest BCUT2D eigenvalue weighted by atomic mass is 14.9. The lowest BCUT2D eigenvalue weighted by molar-refractivity contribution is 0.602. The minimum Gasteiger partial charge on any atom is -0.356 e. The van der Waals surface area contributed by atoms with Gasteiger partial charge in [-0.05, 0) is 35.0 Å². The van der Waals surface area contributed by atoms with Crippen molar-refractivity contribution in [3.8, 4) is 0 Å². The number of fused-ring (bicyclic) bond motifs is 1. The molecular formula is C25H33N. The summed E-state index contributed by atoms with van der Waals surface area (Å²) in [7, 11) is 0. The molecule has 0 aliphatic heterocycles. The van der Waals surface area contributed by atoms with Crippen LogP contribution in [0, 0.1) is 0 Å². The molecule has 3 aromatic rings. The van der Waals surface area contributed by atoms with Gasteiger partial charge in [-0.3, -0.25) is 0 Å². The minimum atomic E-state index is 1.11. The van der Waals surface area contributed by atoms with E-state index in [1.54, 1.807) is 0 Å². The standard InChI is InChI=1S/C16H13N.C9H20/c1-2-8-15(9-3-1)17-16-11-10-13-6-4-5-7-14(13)12-16;1-3-5-7-9-8-6-4-2/h1-12,17H;3-9H2,1-2H3. The summed E-state index contributed by atoms with van der Waals surface area (Å²) in [6, 6.07) is 25.0. The zero-order valence-electron chi connectivity index (χ0n) is 16.4. The average Bonchev–Trinajstić information content (AvgIpc) is 2.69. The van der Waals surface area contributed by atoms with Crippen LogP contribution in [-0.4, -0.2) is 0 Å². The summed E-state index contributed by atoms with van der Waals surface area (Å²) < 4.78 is 0. The Morgan fingerprint density at radius 3 is 1.77 bits per heavy atom. The molecule has 26 heavy (non-hydrogen) atoms. The van der Waals surface area contributed by atoms with E-state index in [4.69, 9.17) is 0 Å². The fourth-order valence-electron chi connectivity index (χ4n) is 2.99. The van der Waals surface area contributed by atoms with Crippen molar-refractivity contribution in [2.24, 2.45) is 0 Å². The molecule has 1 N–H and O–H groups in total. The molecule has 1 heteroatoms. The third kappa shape index (κ3) is 7.31. The van der Waals surface area contributed by atoms with Gasteiger partial charge in [0.15, 0.2) is 0 Å². The maximum Gasteiger partial charge on any atom is 0.0390 e. The summed E-state index contributed by atoms with van der Waals surface area (Å²) in [5, 5.41) is 5.92. The number of anilines is 2. The Balaban J connectivity index is 0.000000232. The van der Waals surface area contributed by atoms with Crippen LogP contribution in [0.1, 0.15) is 58.8 Å². The van der Waals surface area contributed by atoms with Crippen LogP contribution in [0.4, 0.5) is 11.4 Å². The molecule has 0 aromatic heterocycles. The highest BCUT2D eigenvalue weighted by molar-refractivity contribution is 5.86. The third-order valence-corrected chi connectivity index (χ3v) is 4.52. The van der Waals surface area contributed by atoms with E-state index in [1.807, 2.05) is 18.2 Å². The van der Waals surface area contributed by atoms with Gasteiger partial charge in [0, 0.05) is 11.4 Å². The van der Waals surface area contributed by atoms with Crippen molar-refractivity contribution in [1.82, 2.24) is 0 Å². The monoisotopic (exact) mass is 347 g/mol. The lowest BCUT2D eigenvalue weighted by atomic mass is 10.1. The van der Waals surface area contributed by atoms with Gasteiger partial charge in [-0.1, -0.05) is 107 Å². The Kier molecular flexibility index (Phi) is 9.35. The summed E-state index contributed by atoms with van der Waals surface area (Å²) >= 11 is 0. The van der Waals surface area contributed by atoms with Crippen LogP contribution in [0.25, 0.3) is 10.8 Å². The topological polar surface area (TPSA) is 12.0 Å². The minimum absolute atomic E-state index is 1.11. The normalized spacial score (nSPS) is 10.2. The molecule has 0 spiro atoms. The van der Waals surface area contributed by atoms with Crippen LogP contribution in [-0.2, 0) is 0 Å². The molecule has 0 fully saturated rings. The predicted octanol–water partition coefficient (Wildman–Crippen LogP) is 8.34. The van der Waals surface area contributed by atoms with Gasteiger partial charge in [0.2, 0.25) is 0 Å². The van der Waals surface area contributed by atoms with Crippen molar-refractivity contribution in [2.45, 2.75) is 58.8 Å². The molecule has 3 rings (SSSR count). The molecule has 0 saturated heterocycles. The molecule has 0 bridgehead atoms. The number of benzene rings is 3. The lowest BCUT2D eigenvalue weighted by Gasteiger charge is -2.07. The lowest BCUT2D eigenvalue weighted by Crippen LogP contribution is -1.89. The van der Waals surface area contributed by atoms with Crippen molar-refractivity contribution in [3.05, 3.63) is 72.8 Å². The van der Waals surface area contributed by atoms with Gasteiger partial charge in [-0.15, -0.1) is 0 Å². The predicted molar refractivity (Wildman–Crippen MR) is 117 cm³/mol. The second-order valence-corrected chi connectivity index (χ2v) is 6.82. The maximum absolute atomic E-state index is 3.40. The highest BCUT2D eigenvalue weighted by Crippen LogP contribution is 2.21. The van der Waals surface area contributed by atoms with Crippen molar-refractivity contribution in [3.63, 3.8) is 0 Å². The summed E-state index contributed by atoms with van der Waals surface area (Å²) in [4.78, 5) is 0. The summed E-state index contributed by atoms with van der Waals surface area (Å²) in [5.41, 5.74) is 2.23.